The van der Waals surface area contributed by atoms with E-state index in [1.54, 1.807) is 0 Å². The second-order valence-corrected chi connectivity index (χ2v) is 4.25. The van der Waals surface area contributed by atoms with Gasteiger partial charge in [0, 0.05) is 20.8 Å². The van der Waals surface area contributed by atoms with E-state index in [2.05, 4.69) is 11.9 Å². The van der Waals surface area contributed by atoms with Crippen molar-refractivity contribution in [3.05, 3.63) is 12.7 Å². The molecule has 0 saturated carbocycles. The Morgan fingerprint density at radius 2 is 2.10 bits per heavy atom. The van der Waals surface area contributed by atoms with Crippen LogP contribution in [0.4, 0.5) is 4.79 Å². The van der Waals surface area contributed by atoms with E-state index in [4.69, 9.17) is 18.9 Å². The number of aliphatic hydroxyl groups is 2. The topological polar surface area (TPSA) is 106 Å². The quantitative estimate of drug-likeness (QED) is 0.539. The molecule has 0 aromatic carbocycles. The van der Waals surface area contributed by atoms with Crippen LogP contribution in [0.25, 0.3) is 0 Å². The minimum atomic E-state index is -1.34. The molecule has 0 bridgehead atoms. The molecule has 1 heterocycles. The van der Waals surface area contributed by atoms with Crippen molar-refractivity contribution < 1.29 is 34.0 Å². The van der Waals surface area contributed by atoms with Gasteiger partial charge in [-0.15, -0.1) is 6.58 Å². The van der Waals surface area contributed by atoms with E-state index in [0.29, 0.717) is 0 Å². The van der Waals surface area contributed by atoms with Crippen LogP contribution in [0, 0.1) is 0 Å². The molecule has 1 aliphatic rings. The molecule has 8 heteroatoms. The molecule has 5 unspecified atom stereocenters. The van der Waals surface area contributed by atoms with Gasteiger partial charge < -0.3 is 34.5 Å². The van der Waals surface area contributed by atoms with Gasteiger partial charge in [-0.2, -0.15) is 0 Å². The molecule has 0 aromatic heterocycles. The largest absolute Gasteiger partial charge is 0.440 e. The summed E-state index contributed by atoms with van der Waals surface area (Å²) in [5.74, 6) is 0. The molecule has 1 rings (SSSR count). The minimum absolute atomic E-state index is 0.0725. The third-order valence-corrected chi connectivity index (χ3v) is 2.84. The molecule has 1 amide bonds. The second kappa shape index (κ2) is 8.18. The van der Waals surface area contributed by atoms with Gasteiger partial charge >= 0.3 is 6.09 Å². The lowest BCUT2D eigenvalue weighted by Gasteiger charge is -2.41. The number of aliphatic hydroxyl groups excluding tert-OH is 2. The van der Waals surface area contributed by atoms with Crippen LogP contribution in [0.5, 0.6) is 0 Å². The first-order valence-electron chi connectivity index (χ1n) is 6.13. The first-order chi connectivity index (χ1) is 9.54. The van der Waals surface area contributed by atoms with Gasteiger partial charge in [0.05, 0.1) is 6.61 Å². The zero-order valence-corrected chi connectivity index (χ0v) is 11.5. The Balaban J connectivity index is 2.72. The van der Waals surface area contributed by atoms with Crippen molar-refractivity contribution in [1.82, 2.24) is 5.32 Å². The van der Waals surface area contributed by atoms with Gasteiger partial charge in [0.2, 0.25) is 0 Å². The normalized spacial score (nSPS) is 33.5. The average molecular weight is 291 g/mol. The molecule has 20 heavy (non-hydrogen) atoms. The fourth-order valence-electron chi connectivity index (χ4n) is 1.87. The van der Waals surface area contributed by atoms with E-state index in [-0.39, 0.29) is 13.2 Å². The van der Waals surface area contributed by atoms with E-state index < -0.39 is 36.8 Å². The van der Waals surface area contributed by atoms with Gasteiger partial charge in [-0.05, 0) is 0 Å². The molecule has 0 aromatic rings. The Hall–Kier alpha value is -1.19. The molecule has 5 atom stereocenters. The number of methoxy groups -OCH3 is 2. The number of hydrogen-bond donors (Lipinski definition) is 3. The van der Waals surface area contributed by atoms with Crippen molar-refractivity contribution in [2.45, 2.75) is 30.7 Å². The highest BCUT2D eigenvalue weighted by Gasteiger charge is 2.46. The number of alkyl carbamates (subject to hydrolysis) is 1. The summed E-state index contributed by atoms with van der Waals surface area (Å²) in [4.78, 5) is 11.5. The summed E-state index contributed by atoms with van der Waals surface area (Å²) in [7, 11) is 2.78. The van der Waals surface area contributed by atoms with E-state index in [9.17, 15) is 15.0 Å². The number of nitrogens with one attached hydrogen (secondary N) is 1. The zero-order chi connectivity index (χ0) is 15.1. The van der Waals surface area contributed by atoms with Crippen LogP contribution in [0.15, 0.2) is 12.7 Å². The molecule has 0 aliphatic carbocycles. The minimum Gasteiger partial charge on any atom is -0.440 e. The van der Waals surface area contributed by atoms with Crippen molar-refractivity contribution >= 4 is 6.09 Å². The van der Waals surface area contributed by atoms with Crippen LogP contribution in [0.1, 0.15) is 0 Å². The van der Waals surface area contributed by atoms with Crippen molar-refractivity contribution in [3.63, 3.8) is 0 Å². The maximum atomic E-state index is 11.5. The maximum Gasteiger partial charge on any atom is 0.407 e. The molecular weight excluding hydrogens is 270 g/mol. The lowest BCUT2D eigenvalue weighted by Crippen LogP contribution is -2.60. The summed E-state index contributed by atoms with van der Waals surface area (Å²) in [5, 5.41) is 22.2. The van der Waals surface area contributed by atoms with Gasteiger partial charge in [-0.1, -0.05) is 6.08 Å². The second-order valence-electron chi connectivity index (χ2n) is 4.25. The molecule has 1 saturated heterocycles. The Labute approximate surface area is 117 Å². The SMILES string of the molecule is C=CCNC(=O)OC1C(COC)OC(OC)C(O)C1O. The number of carbonyl (C=O) groups excluding carboxylic acids is 1. The summed E-state index contributed by atoms with van der Waals surface area (Å²) < 4.78 is 20.3. The van der Waals surface area contributed by atoms with Gasteiger partial charge in [-0.3, -0.25) is 0 Å². The lowest BCUT2D eigenvalue weighted by atomic mass is 9.99. The van der Waals surface area contributed by atoms with Crippen LogP contribution in [-0.4, -0.2) is 74.4 Å². The zero-order valence-electron chi connectivity index (χ0n) is 11.5. The molecule has 0 radical (unpaired) electrons. The molecular formula is C12H21NO7. The van der Waals surface area contributed by atoms with E-state index in [1.807, 2.05) is 0 Å². The van der Waals surface area contributed by atoms with Gasteiger partial charge in [0.15, 0.2) is 12.4 Å². The van der Waals surface area contributed by atoms with Crippen LogP contribution in [0.2, 0.25) is 0 Å². The smallest absolute Gasteiger partial charge is 0.407 e. The average Bonchev–Trinajstić information content (AvgIpc) is 2.44. The van der Waals surface area contributed by atoms with Crippen LogP contribution in [-0.2, 0) is 18.9 Å². The maximum absolute atomic E-state index is 11.5. The van der Waals surface area contributed by atoms with Crippen LogP contribution >= 0.6 is 0 Å². The van der Waals surface area contributed by atoms with Gasteiger partial charge in [0.25, 0.3) is 0 Å². The summed E-state index contributed by atoms with van der Waals surface area (Å²) in [6.07, 6.45) is -4.77. The summed E-state index contributed by atoms with van der Waals surface area (Å²) in [5.41, 5.74) is 0. The van der Waals surface area contributed by atoms with E-state index in [1.165, 1.54) is 20.3 Å². The van der Waals surface area contributed by atoms with Crippen LogP contribution < -0.4 is 5.32 Å². The molecule has 116 valence electrons. The molecule has 8 nitrogen and oxygen atoms in total. The fourth-order valence-corrected chi connectivity index (χ4v) is 1.87. The summed E-state index contributed by atoms with van der Waals surface area (Å²) >= 11 is 0. The summed E-state index contributed by atoms with van der Waals surface area (Å²) in [6, 6.07) is 0. The highest BCUT2D eigenvalue weighted by atomic mass is 16.7. The van der Waals surface area contributed by atoms with Crippen molar-refractivity contribution in [2.24, 2.45) is 0 Å². The van der Waals surface area contributed by atoms with Crippen LogP contribution in [0.3, 0.4) is 0 Å². The molecule has 1 aliphatic heterocycles. The molecule has 1 fully saturated rings. The number of amides is 1. The van der Waals surface area contributed by atoms with Crippen molar-refractivity contribution in [1.29, 1.82) is 0 Å². The molecule has 0 spiro atoms. The van der Waals surface area contributed by atoms with Crippen molar-refractivity contribution in [2.75, 3.05) is 27.4 Å². The van der Waals surface area contributed by atoms with Gasteiger partial charge in [0.1, 0.15) is 18.3 Å². The Bertz CT molecular complexity index is 325. The third kappa shape index (κ3) is 4.15. The summed E-state index contributed by atoms with van der Waals surface area (Å²) in [6.45, 7) is 3.75. The number of hydrogen-bond acceptors (Lipinski definition) is 7. The van der Waals surface area contributed by atoms with Crippen molar-refractivity contribution in [3.8, 4) is 0 Å². The predicted molar refractivity (Wildman–Crippen MR) is 68.0 cm³/mol. The standard InChI is InChI=1S/C12H21NO7/c1-4-5-13-12(16)20-10-7(6-17-2)19-11(18-3)9(15)8(10)14/h4,7-11,14-15H,1,5-6H2,2-3H3,(H,13,16). The monoisotopic (exact) mass is 291 g/mol. The lowest BCUT2D eigenvalue weighted by molar-refractivity contribution is -0.294. The van der Waals surface area contributed by atoms with Gasteiger partial charge in [-0.25, -0.2) is 4.79 Å². The first kappa shape index (κ1) is 16.9. The highest BCUT2D eigenvalue weighted by molar-refractivity contribution is 5.67. The number of ether oxygens (including phenoxy) is 4. The Kier molecular flexibility index (Phi) is 6.89. The predicted octanol–water partition coefficient (Wildman–Crippen LogP) is -0.993. The number of carbonyl (C=O) groups is 1. The van der Waals surface area contributed by atoms with E-state index >= 15 is 0 Å². The first-order valence-corrected chi connectivity index (χ1v) is 6.13. The van der Waals surface area contributed by atoms with E-state index in [0.717, 1.165) is 0 Å². The highest BCUT2D eigenvalue weighted by Crippen LogP contribution is 2.24. The third-order valence-electron chi connectivity index (χ3n) is 2.84. The molecule has 3 N–H and O–H groups in total. The Morgan fingerprint density at radius 1 is 1.40 bits per heavy atom. The fraction of sp³-hybridized carbons (Fsp3) is 0.750. The number of rotatable bonds is 6. The Morgan fingerprint density at radius 3 is 2.65 bits per heavy atom.